The van der Waals surface area contributed by atoms with Crippen molar-refractivity contribution in [1.82, 2.24) is 9.13 Å². The topological polar surface area (TPSA) is 115 Å². The Morgan fingerprint density at radius 2 is 1.91 bits per heavy atom. The van der Waals surface area contributed by atoms with Gasteiger partial charge in [0.15, 0.2) is 0 Å². The van der Waals surface area contributed by atoms with Crippen LogP contribution in [0.25, 0.3) is 0 Å². The van der Waals surface area contributed by atoms with Gasteiger partial charge in [-0.05, 0) is 25.7 Å². The molecule has 0 aromatic carbocycles. The van der Waals surface area contributed by atoms with Crippen molar-refractivity contribution in [2.24, 2.45) is 5.92 Å². The van der Waals surface area contributed by atoms with E-state index >= 15 is 0 Å². The number of aromatic nitrogens is 2. The highest BCUT2D eigenvalue weighted by atomic mass is 16.2. The molecule has 1 aromatic heterocycles. The van der Waals surface area contributed by atoms with E-state index in [9.17, 15) is 14.9 Å². The van der Waals surface area contributed by atoms with E-state index in [0.717, 1.165) is 23.8 Å². The molecule has 0 N–H and O–H groups in total. The van der Waals surface area contributed by atoms with Crippen molar-refractivity contribution in [3.8, 4) is 18.2 Å². The van der Waals surface area contributed by atoms with Gasteiger partial charge in [0.2, 0.25) is 0 Å². The van der Waals surface area contributed by atoms with Crippen molar-refractivity contribution in [2.75, 3.05) is 0 Å². The number of nitrogens with zero attached hydrogens (tertiary/aromatic N) is 5. The standard InChI is InChI=1S/C16H17N5O2/c17-7-4-5-12(9-18)11-21-15(22)13(10-19)14-6-2-1-3-8-20(14)16(21)23/h12H,1-6,8,11H2/t12-/m0/s1. The molecule has 7 heteroatoms. The zero-order valence-corrected chi connectivity index (χ0v) is 12.8. The summed E-state index contributed by atoms with van der Waals surface area (Å²) < 4.78 is 2.49. The maximum absolute atomic E-state index is 12.6. The molecule has 7 nitrogen and oxygen atoms in total. The molecule has 0 saturated heterocycles. The second-order valence-electron chi connectivity index (χ2n) is 5.62. The summed E-state index contributed by atoms with van der Waals surface area (Å²) in [5.41, 5.74) is -0.559. The van der Waals surface area contributed by atoms with Crippen LogP contribution >= 0.6 is 0 Å². The molecule has 0 radical (unpaired) electrons. The number of hydrogen-bond acceptors (Lipinski definition) is 5. The van der Waals surface area contributed by atoms with Crippen LogP contribution in [0.15, 0.2) is 9.59 Å². The minimum Gasteiger partial charge on any atom is -0.296 e. The van der Waals surface area contributed by atoms with Gasteiger partial charge in [-0.3, -0.25) is 13.9 Å². The molecular formula is C16H17N5O2. The van der Waals surface area contributed by atoms with Crippen LogP contribution in [-0.4, -0.2) is 9.13 Å². The lowest BCUT2D eigenvalue weighted by Crippen LogP contribution is -2.44. The summed E-state index contributed by atoms with van der Waals surface area (Å²) in [5, 5.41) is 27.1. The van der Waals surface area contributed by atoms with E-state index in [1.165, 1.54) is 4.57 Å². The quantitative estimate of drug-likeness (QED) is 0.824. The van der Waals surface area contributed by atoms with Gasteiger partial charge in [0, 0.05) is 25.2 Å². The average Bonchev–Trinajstić information content (AvgIpc) is 2.81. The molecule has 0 saturated carbocycles. The third kappa shape index (κ3) is 3.33. The van der Waals surface area contributed by atoms with E-state index in [2.05, 4.69) is 0 Å². The van der Waals surface area contributed by atoms with E-state index < -0.39 is 17.2 Å². The summed E-state index contributed by atoms with van der Waals surface area (Å²) in [6.07, 6.45) is 3.65. The predicted octanol–water partition coefficient (Wildman–Crippen LogP) is 1.05. The number of nitriles is 3. The Kier molecular flexibility index (Phi) is 5.33. The van der Waals surface area contributed by atoms with Crippen molar-refractivity contribution in [3.63, 3.8) is 0 Å². The summed E-state index contributed by atoms with van der Waals surface area (Å²) >= 11 is 0. The van der Waals surface area contributed by atoms with E-state index in [1.54, 1.807) is 0 Å². The van der Waals surface area contributed by atoms with Crippen molar-refractivity contribution in [1.29, 1.82) is 15.8 Å². The third-order valence-corrected chi connectivity index (χ3v) is 4.13. The van der Waals surface area contributed by atoms with Crippen LogP contribution in [0.1, 0.15) is 43.4 Å². The van der Waals surface area contributed by atoms with Crippen molar-refractivity contribution in [2.45, 2.75) is 51.6 Å². The van der Waals surface area contributed by atoms with E-state index in [1.807, 2.05) is 18.2 Å². The molecule has 0 unspecified atom stereocenters. The second kappa shape index (κ2) is 7.42. The summed E-state index contributed by atoms with van der Waals surface area (Å²) in [4.78, 5) is 25.1. The molecule has 0 aliphatic carbocycles. The lowest BCUT2D eigenvalue weighted by molar-refractivity contribution is 0.457. The van der Waals surface area contributed by atoms with Crippen LogP contribution in [-0.2, 0) is 19.5 Å². The van der Waals surface area contributed by atoms with Gasteiger partial charge >= 0.3 is 5.69 Å². The number of hydrogen-bond donors (Lipinski definition) is 0. The normalized spacial score (nSPS) is 14.7. The largest absolute Gasteiger partial charge is 0.331 e. The fourth-order valence-corrected chi connectivity index (χ4v) is 2.90. The molecule has 2 rings (SSSR count). The Morgan fingerprint density at radius 1 is 1.13 bits per heavy atom. The maximum Gasteiger partial charge on any atom is 0.331 e. The first-order valence-electron chi connectivity index (χ1n) is 7.67. The van der Waals surface area contributed by atoms with Gasteiger partial charge in [-0.1, -0.05) is 6.42 Å². The zero-order valence-electron chi connectivity index (χ0n) is 12.8. The van der Waals surface area contributed by atoms with E-state index in [0.29, 0.717) is 25.1 Å². The predicted molar refractivity (Wildman–Crippen MR) is 81.2 cm³/mol. The van der Waals surface area contributed by atoms with Crippen molar-refractivity contribution >= 4 is 0 Å². The van der Waals surface area contributed by atoms with Crippen LogP contribution in [0.3, 0.4) is 0 Å². The first-order valence-corrected chi connectivity index (χ1v) is 7.67. The molecule has 0 amide bonds. The molecular weight excluding hydrogens is 294 g/mol. The van der Waals surface area contributed by atoms with Crippen molar-refractivity contribution in [3.05, 3.63) is 32.1 Å². The molecule has 0 fully saturated rings. The molecule has 1 aromatic rings. The average molecular weight is 311 g/mol. The second-order valence-corrected chi connectivity index (χ2v) is 5.62. The molecule has 1 atom stereocenters. The summed E-state index contributed by atoms with van der Waals surface area (Å²) in [6, 6.07) is 5.91. The summed E-state index contributed by atoms with van der Waals surface area (Å²) in [6.45, 7) is 0.406. The minimum atomic E-state index is -0.622. The van der Waals surface area contributed by atoms with Gasteiger partial charge in [-0.15, -0.1) is 0 Å². The SMILES string of the molecule is N#CCC[C@@H](C#N)Cn1c(=O)c(C#N)c2n(c1=O)CCCCC2. The Balaban J connectivity index is 2.53. The van der Waals surface area contributed by atoms with Gasteiger partial charge < -0.3 is 0 Å². The number of fused-ring (bicyclic) bond motifs is 1. The van der Waals surface area contributed by atoms with E-state index in [4.69, 9.17) is 10.5 Å². The molecule has 2 heterocycles. The smallest absolute Gasteiger partial charge is 0.296 e. The number of rotatable bonds is 4. The maximum atomic E-state index is 12.6. The Bertz CT molecular complexity index is 829. The monoisotopic (exact) mass is 311 g/mol. The van der Waals surface area contributed by atoms with Crippen LogP contribution in [0.2, 0.25) is 0 Å². The molecule has 0 spiro atoms. The van der Waals surface area contributed by atoms with Crippen LogP contribution in [0, 0.1) is 39.9 Å². The van der Waals surface area contributed by atoms with E-state index in [-0.39, 0.29) is 18.5 Å². The summed E-state index contributed by atoms with van der Waals surface area (Å²) in [7, 11) is 0. The first-order chi connectivity index (χ1) is 11.1. The molecule has 1 aliphatic heterocycles. The van der Waals surface area contributed by atoms with Crippen LogP contribution in [0.5, 0.6) is 0 Å². The fraction of sp³-hybridized carbons (Fsp3) is 0.562. The van der Waals surface area contributed by atoms with Gasteiger partial charge in [0.25, 0.3) is 5.56 Å². The van der Waals surface area contributed by atoms with Gasteiger partial charge in [0.1, 0.15) is 11.6 Å². The van der Waals surface area contributed by atoms with Gasteiger partial charge in [-0.2, -0.15) is 15.8 Å². The molecule has 118 valence electrons. The van der Waals surface area contributed by atoms with Crippen molar-refractivity contribution < 1.29 is 0 Å². The Morgan fingerprint density at radius 3 is 2.57 bits per heavy atom. The highest BCUT2D eigenvalue weighted by Gasteiger charge is 2.22. The Hall–Kier alpha value is -2.85. The zero-order chi connectivity index (χ0) is 16.8. The van der Waals surface area contributed by atoms with Gasteiger partial charge in [-0.25, -0.2) is 4.79 Å². The first kappa shape index (κ1) is 16.5. The molecule has 1 aliphatic rings. The van der Waals surface area contributed by atoms with Crippen LogP contribution < -0.4 is 11.2 Å². The van der Waals surface area contributed by atoms with Crippen LogP contribution in [0.4, 0.5) is 0 Å². The summed E-state index contributed by atoms with van der Waals surface area (Å²) in [5.74, 6) is -0.601. The lowest BCUT2D eigenvalue weighted by atomic mass is 10.1. The minimum absolute atomic E-state index is 0.00322. The Labute approximate surface area is 133 Å². The molecule has 0 bridgehead atoms. The lowest BCUT2D eigenvalue weighted by Gasteiger charge is -2.16. The highest BCUT2D eigenvalue weighted by molar-refractivity contribution is 5.32. The third-order valence-electron chi connectivity index (χ3n) is 4.13. The highest BCUT2D eigenvalue weighted by Crippen LogP contribution is 2.14. The fourth-order valence-electron chi connectivity index (χ4n) is 2.90. The molecule has 23 heavy (non-hydrogen) atoms. The van der Waals surface area contributed by atoms with Gasteiger partial charge in [0.05, 0.1) is 18.1 Å².